The Bertz CT molecular complexity index is 422. The number of rotatable bonds is 4. The minimum atomic E-state index is -0.0532. The Morgan fingerprint density at radius 1 is 1.68 bits per heavy atom. The van der Waals surface area contributed by atoms with Gasteiger partial charge in [0.05, 0.1) is 18.2 Å². The third kappa shape index (κ3) is 3.75. The number of nitrogens with zero attached hydrogens (tertiary/aromatic N) is 2. The lowest BCUT2D eigenvalue weighted by molar-refractivity contribution is 0.0723. The molecule has 1 N–H and O–H groups in total. The van der Waals surface area contributed by atoms with E-state index in [2.05, 4.69) is 11.9 Å². The molecule has 1 unspecified atom stereocenters. The van der Waals surface area contributed by atoms with Gasteiger partial charge in [0.15, 0.2) is 0 Å². The highest BCUT2D eigenvalue weighted by Crippen LogP contribution is 2.15. The highest BCUT2D eigenvalue weighted by molar-refractivity contribution is 7.09. The van der Waals surface area contributed by atoms with Crippen LogP contribution < -0.4 is 0 Å². The normalized spacial score (nSPS) is 20.3. The molecule has 1 aliphatic rings. The van der Waals surface area contributed by atoms with Crippen molar-refractivity contribution in [1.29, 1.82) is 0 Å². The van der Waals surface area contributed by atoms with E-state index in [-0.39, 0.29) is 18.4 Å². The summed E-state index contributed by atoms with van der Waals surface area (Å²) >= 11 is 1.54. The molecule has 0 saturated carbocycles. The van der Waals surface area contributed by atoms with Gasteiger partial charge < -0.3 is 14.7 Å². The average molecular weight is 284 g/mol. The fourth-order valence-corrected chi connectivity index (χ4v) is 2.95. The second-order valence-electron chi connectivity index (χ2n) is 4.75. The van der Waals surface area contributed by atoms with E-state index in [1.807, 2.05) is 5.38 Å². The molecule has 1 atom stereocenters. The molecule has 2 rings (SSSR count). The number of aliphatic hydroxyl groups excluding tert-OH is 1. The molecule has 1 amide bonds. The monoisotopic (exact) mass is 284 g/mol. The Hall–Kier alpha value is -0.980. The minimum Gasteiger partial charge on any atom is -0.396 e. The van der Waals surface area contributed by atoms with E-state index in [0.717, 1.165) is 17.8 Å². The van der Waals surface area contributed by atoms with Gasteiger partial charge in [0.25, 0.3) is 5.91 Å². The summed E-state index contributed by atoms with van der Waals surface area (Å²) in [6.45, 7) is 4.28. The lowest BCUT2D eigenvalue weighted by Crippen LogP contribution is -2.37. The topological polar surface area (TPSA) is 62.7 Å². The van der Waals surface area contributed by atoms with Gasteiger partial charge in [0, 0.05) is 31.0 Å². The van der Waals surface area contributed by atoms with Gasteiger partial charge in [-0.05, 0) is 12.8 Å². The van der Waals surface area contributed by atoms with E-state index in [1.165, 1.54) is 11.3 Å². The highest BCUT2D eigenvalue weighted by Gasteiger charge is 2.24. The summed E-state index contributed by atoms with van der Waals surface area (Å²) < 4.78 is 5.39. The van der Waals surface area contributed by atoms with Crippen molar-refractivity contribution < 1.29 is 14.6 Å². The number of carbonyl (C=O) groups is 1. The van der Waals surface area contributed by atoms with Gasteiger partial charge >= 0.3 is 0 Å². The third-order valence-electron chi connectivity index (χ3n) is 3.12. The van der Waals surface area contributed by atoms with Crippen LogP contribution in [0.5, 0.6) is 0 Å². The molecular formula is C13H20N2O3S. The quantitative estimate of drug-likeness (QED) is 0.901. The van der Waals surface area contributed by atoms with Crippen LogP contribution in [0.2, 0.25) is 0 Å². The fourth-order valence-electron chi connectivity index (χ4n) is 2.08. The van der Waals surface area contributed by atoms with Crippen molar-refractivity contribution >= 4 is 17.2 Å². The van der Waals surface area contributed by atoms with Crippen molar-refractivity contribution in [3.63, 3.8) is 0 Å². The zero-order valence-corrected chi connectivity index (χ0v) is 12.0. The maximum absolute atomic E-state index is 12.4. The largest absolute Gasteiger partial charge is 0.396 e. The molecule has 0 bridgehead atoms. The molecular weight excluding hydrogens is 264 g/mol. The lowest BCUT2D eigenvalue weighted by atomic mass is 10.1. The van der Waals surface area contributed by atoms with Crippen molar-refractivity contribution in [2.45, 2.75) is 19.8 Å². The van der Waals surface area contributed by atoms with Gasteiger partial charge in [-0.3, -0.25) is 4.79 Å². The first kappa shape index (κ1) is 14.4. The van der Waals surface area contributed by atoms with Gasteiger partial charge in [-0.15, -0.1) is 11.3 Å². The van der Waals surface area contributed by atoms with E-state index in [4.69, 9.17) is 4.74 Å². The van der Waals surface area contributed by atoms with E-state index in [9.17, 15) is 9.90 Å². The molecule has 5 nitrogen and oxygen atoms in total. The summed E-state index contributed by atoms with van der Waals surface area (Å²) in [5.41, 5.74) is 0.520. The van der Waals surface area contributed by atoms with Crippen molar-refractivity contribution in [3.8, 4) is 0 Å². The number of hydrogen-bond donors (Lipinski definition) is 1. The summed E-state index contributed by atoms with van der Waals surface area (Å²) in [7, 11) is 0. The Morgan fingerprint density at radius 2 is 2.53 bits per heavy atom. The minimum absolute atomic E-state index is 0.000183. The van der Waals surface area contributed by atoms with E-state index in [0.29, 0.717) is 32.0 Å². The number of carbonyl (C=O) groups excluding carboxylic acids is 1. The Labute approximate surface area is 117 Å². The lowest BCUT2D eigenvalue weighted by Gasteiger charge is -2.21. The summed E-state index contributed by atoms with van der Waals surface area (Å²) in [6.07, 6.45) is 1.95. The van der Waals surface area contributed by atoms with Crippen molar-refractivity contribution in [2.75, 3.05) is 32.9 Å². The smallest absolute Gasteiger partial charge is 0.273 e. The summed E-state index contributed by atoms with van der Waals surface area (Å²) in [4.78, 5) is 18.5. The Morgan fingerprint density at radius 3 is 3.26 bits per heavy atom. The fraction of sp³-hybridized carbons (Fsp3) is 0.692. The molecule has 0 spiro atoms. The molecule has 0 aliphatic carbocycles. The molecule has 19 heavy (non-hydrogen) atoms. The zero-order valence-electron chi connectivity index (χ0n) is 11.2. The molecule has 1 fully saturated rings. The molecule has 1 aromatic heterocycles. The highest BCUT2D eigenvalue weighted by atomic mass is 32.1. The molecule has 2 heterocycles. The number of hydrogen-bond acceptors (Lipinski definition) is 5. The second kappa shape index (κ2) is 6.98. The number of thiazole rings is 1. The van der Waals surface area contributed by atoms with Gasteiger partial charge in [-0.1, -0.05) is 6.92 Å². The Balaban J connectivity index is 2.04. The third-order valence-corrected chi connectivity index (χ3v) is 4.03. The SMILES string of the molecule is CCCc1nc(C(=O)N2CCOCC(CO)C2)cs1. The second-order valence-corrected chi connectivity index (χ2v) is 5.69. The standard InChI is InChI=1S/C13H20N2O3S/c1-2-3-12-14-11(9-19-12)13(17)15-4-5-18-8-10(6-15)7-16/h9-10,16H,2-8H2,1H3. The molecule has 1 saturated heterocycles. The van der Waals surface area contributed by atoms with E-state index < -0.39 is 0 Å². The van der Waals surface area contributed by atoms with E-state index in [1.54, 1.807) is 4.90 Å². The number of aliphatic hydroxyl groups is 1. The number of aryl methyl sites for hydroxylation is 1. The van der Waals surface area contributed by atoms with Gasteiger partial charge in [0.1, 0.15) is 5.69 Å². The molecule has 0 radical (unpaired) electrons. The van der Waals surface area contributed by atoms with Crippen LogP contribution >= 0.6 is 11.3 Å². The first-order valence-corrected chi connectivity index (χ1v) is 7.54. The molecule has 6 heteroatoms. The molecule has 106 valence electrons. The van der Waals surface area contributed by atoms with Crippen LogP contribution in [0.4, 0.5) is 0 Å². The van der Waals surface area contributed by atoms with Crippen LogP contribution in [0.3, 0.4) is 0 Å². The first-order chi connectivity index (χ1) is 9.24. The predicted octanol–water partition coefficient (Wildman–Crippen LogP) is 1.18. The van der Waals surface area contributed by atoms with E-state index >= 15 is 0 Å². The van der Waals surface area contributed by atoms with Gasteiger partial charge in [-0.2, -0.15) is 0 Å². The molecule has 0 aromatic carbocycles. The van der Waals surface area contributed by atoms with Crippen LogP contribution in [-0.2, 0) is 11.2 Å². The van der Waals surface area contributed by atoms with Crippen molar-refractivity contribution in [1.82, 2.24) is 9.88 Å². The number of ether oxygens (including phenoxy) is 1. The summed E-state index contributed by atoms with van der Waals surface area (Å²) in [5.74, 6) is -0.0530. The van der Waals surface area contributed by atoms with Crippen molar-refractivity contribution in [2.24, 2.45) is 5.92 Å². The molecule has 1 aromatic rings. The van der Waals surface area contributed by atoms with Crippen LogP contribution in [0.1, 0.15) is 28.8 Å². The van der Waals surface area contributed by atoms with Gasteiger partial charge in [-0.25, -0.2) is 4.98 Å². The zero-order chi connectivity index (χ0) is 13.7. The maximum Gasteiger partial charge on any atom is 0.273 e. The van der Waals surface area contributed by atoms with Gasteiger partial charge in [0.2, 0.25) is 0 Å². The van der Waals surface area contributed by atoms with Crippen LogP contribution in [0.25, 0.3) is 0 Å². The Kier molecular flexibility index (Phi) is 5.30. The first-order valence-electron chi connectivity index (χ1n) is 6.66. The average Bonchev–Trinajstić information content (AvgIpc) is 2.75. The summed E-state index contributed by atoms with van der Waals surface area (Å²) in [5, 5.41) is 12.1. The van der Waals surface area contributed by atoms with Crippen LogP contribution in [0.15, 0.2) is 5.38 Å². The van der Waals surface area contributed by atoms with Crippen LogP contribution in [-0.4, -0.2) is 53.8 Å². The van der Waals surface area contributed by atoms with Crippen LogP contribution in [0, 0.1) is 5.92 Å². The predicted molar refractivity (Wildman–Crippen MR) is 73.4 cm³/mol. The number of amides is 1. The maximum atomic E-state index is 12.4. The number of aromatic nitrogens is 1. The summed E-state index contributed by atoms with van der Waals surface area (Å²) in [6, 6.07) is 0. The molecule has 1 aliphatic heterocycles. The van der Waals surface area contributed by atoms with Crippen molar-refractivity contribution in [3.05, 3.63) is 16.1 Å².